The molecule has 0 atom stereocenters. The first-order valence-corrected chi connectivity index (χ1v) is 6.55. The number of hydrogen-bond acceptors (Lipinski definition) is 4. The molecule has 0 spiro atoms. The van der Waals surface area contributed by atoms with Crippen molar-refractivity contribution >= 4 is 17.4 Å². The van der Waals surface area contributed by atoms with Gasteiger partial charge in [-0.05, 0) is 31.2 Å². The van der Waals surface area contributed by atoms with E-state index >= 15 is 0 Å². The third kappa shape index (κ3) is 3.86. The molecule has 0 radical (unpaired) electrons. The number of nitrogens with one attached hydrogen (secondary N) is 1. The summed E-state index contributed by atoms with van der Waals surface area (Å²) in [4.78, 5) is 4.11. The maximum Gasteiger partial charge on any atom is 0.146 e. The van der Waals surface area contributed by atoms with E-state index in [1.807, 2.05) is 6.07 Å². The van der Waals surface area contributed by atoms with E-state index in [4.69, 9.17) is 21.6 Å². The summed E-state index contributed by atoms with van der Waals surface area (Å²) in [6.07, 6.45) is 5.12. The second-order valence-electron chi connectivity index (χ2n) is 4.43. The van der Waals surface area contributed by atoms with E-state index < -0.39 is 0 Å². The van der Waals surface area contributed by atoms with Crippen molar-refractivity contribution in [1.82, 2.24) is 4.98 Å². The molecule has 0 amide bonds. The van der Waals surface area contributed by atoms with Gasteiger partial charge >= 0.3 is 0 Å². The molecular formula is C13H16ClN3O. The Morgan fingerprint density at radius 1 is 1.56 bits per heavy atom. The van der Waals surface area contributed by atoms with Crippen LogP contribution in [0.4, 0.5) is 5.82 Å². The molecule has 1 aliphatic rings. The Bertz CT molecular complexity index is 440. The fourth-order valence-corrected chi connectivity index (χ4v) is 1.79. The quantitative estimate of drug-likeness (QED) is 0.770. The Morgan fingerprint density at radius 3 is 3.11 bits per heavy atom. The van der Waals surface area contributed by atoms with E-state index in [2.05, 4.69) is 10.3 Å². The van der Waals surface area contributed by atoms with Crippen molar-refractivity contribution in [3.63, 3.8) is 0 Å². The third-order valence-corrected chi connectivity index (χ3v) is 3.20. The molecule has 0 unspecified atom stereocenters. The molecule has 0 saturated heterocycles. The van der Waals surface area contributed by atoms with Gasteiger partial charge in [-0.25, -0.2) is 4.98 Å². The highest BCUT2D eigenvalue weighted by Crippen LogP contribution is 2.28. The Balaban J connectivity index is 1.67. The second-order valence-corrected chi connectivity index (χ2v) is 4.81. The van der Waals surface area contributed by atoms with Crippen LogP contribution >= 0.6 is 11.6 Å². The molecule has 2 rings (SSSR count). The summed E-state index contributed by atoms with van der Waals surface area (Å²) in [6.45, 7) is 2.38. The summed E-state index contributed by atoms with van der Waals surface area (Å²) >= 11 is 6.02. The third-order valence-electron chi connectivity index (χ3n) is 2.82. The lowest BCUT2D eigenvalue weighted by atomic mass is 10.3. The van der Waals surface area contributed by atoms with Gasteiger partial charge < -0.3 is 10.1 Å². The number of pyridine rings is 1. The lowest BCUT2D eigenvalue weighted by Crippen LogP contribution is -2.08. The van der Waals surface area contributed by atoms with Crippen LogP contribution in [-0.2, 0) is 4.74 Å². The largest absolute Gasteiger partial charge is 0.381 e. The molecule has 1 heterocycles. The minimum Gasteiger partial charge on any atom is -0.381 e. The van der Waals surface area contributed by atoms with Crippen LogP contribution in [0.25, 0.3) is 0 Å². The van der Waals surface area contributed by atoms with Crippen molar-refractivity contribution in [1.29, 1.82) is 5.26 Å². The van der Waals surface area contributed by atoms with Crippen LogP contribution in [-0.4, -0.2) is 24.7 Å². The van der Waals surface area contributed by atoms with Crippen molar-refractivity contribution in [3.8, 4) is 6.07 Å². The van der Waals surface area contributed by atoms with Crippen LogP contribution in [0.5, 0.6) is 0 Å². The molecule has 0 aliphatic heterocycles. The van der Waals surface area contributed by atoms with Gasteiger partial charge in [0.15, 0.2) is 0 Å². The highest BCUT2D eigenvalue weighted by molar-refractivity contribution is 6.34. The zero-order valence-corrected chi connectivity index (χ0v) is 10.9. The Labute approximate surface area is 112 Å². The van der Waals surface area contributed by atoms with Gasteiger partial charge in [0.25, 0.3) is 0 Å². The Kier molecular flexibility index (Phi) is 4.80. The Hall–Kier alpha value is -1.31. The predicted molar refractivity (Wildman–Crippen MR) is 70.6 cm³/mol. The molecule has 0 bridgehead atoms. The maximum absolute atomic E-state index is 8.83. The van der Waals surface area contributed by atoms with Gasteiger partial charge in [-0.3, -0.25) is 0 Å². The summed E-state index contributed by atoms with van der Waals surface area (Å²) in [5, 5.41) is 12.3. The van der Waals surface area contributed by atoms with Gasteiger partial charge in [0.1, 0.15) is 16.9 Å². The number of nitriles is 1. The minimum atomic E-state index is 0.388. The van der Waals surface area contributed by atoms with Crippen molar-refractivity contribution in [3.05, 3.63) is 22.8 Å². The van der Waals surface area contributed by atoms with E-state index in [1.165, 1.54) is 12.8 Å². The van der Waals surface area contributed by atoms with Crippen molar-refractivity contribution in [2.45, 2.75) is 19.3 Å². The van der Waals surface area contributed by atoms with E-state index in [9.17, 15) is 0 Å². The highest BCUT2D eigenvalue weighted by Gasteiger charge is 2.20. The molecule has 1 N–H and O–H groups in total. The average molecular weight is 266 g/mol. The molecule has 1 saturated carbocycles. The molecule has 4 nitrogen and oxygen atoms in total. The number of halogens is 1. The fraction of sp³-hybridized carbons (Fsp3) is 0.538. The lowest BCUT2D eigenvalue weighted by molar-refractivity contribution is 0.124. The number of nitrogens with zero attached hydrogens (tertiary/aromatic N) is 2. The van der Waals surface area contributed by atoms with Crippen LogP contribution in [0, 0.1) is 17.2 Å². The molecule has 0 aromatic carbocycles. The Morgan fingerprint density at radius 2 is 2.39 bits per heavy atom. The molecule has 1 aromatic rings. The smallest absolute Gasteiger partial charge is 0.146 e. The predicted octanol–water partition coefficient (Wildman–Crippen LogP) is 2.84. The second kappa shape index (κ2) is 6.58. The van der Waals surface area contributed by atoms with E-state index in [0.29, 0.717) is 16.4 Å². The normalized spacial score (nSPS) is 14.2. The van der Waals surface area contributed by atoms with E-state index in [-0.39, 0.29) is 0 Å². The summed E-state index contributed by atoms with van der Waals surface area (Å²) in [5.41, 5.74) is 0.444. The van der Waals surface area contributed by atoms with Crippen LogP contribution in [0.15, 0.2) is 12.3 Å². The summed E-state index contributed by atoms with van der Waals surface area (Å²) in [6, 6.07) is 3.63. The summed E-state index contributed by atoms with van der Waals surface area (Å²) in [7, 11) is 0. The van der Waals surface area contributed by atoms with Crippen molar-refractivity contribution in [2.75, 3.05) is 25.1 Å². The number of rotatable bonds is 7. The summed E-state index contributed by atoms with van der Waals surface area (Å²) in [5.74, 6) is 1.37. The van der Waals surface area contributed by atoms with Crippen LogP contribution < -0.4 is 5.32 Å². The van der Waals surface area contributed by atoms with Crippen LogP contribution in [0.3, 0.4) is 0 Å². The van der Waals surface area contributed by atoms with Gasteiger partial charge in [0.05, 0.1) is 5.56 Å². The van der Waals surface area contributed by atoms with Crippen LogP contribution in [0.2, 0.25) is 5.02 Å². The number of anilines is 1. The van der Waals surface area contributed by atoms with Gasteiger partial charge in [0.2, 0.25) is 0 Å². The van der Waals surface area contributed by atoms with Crippen LogP contribution in [0.1, 0.15) is 24.8 Å². The minimum absolute atomic E-state index is 0.388. The summed E-state index contributed by atoms with van der Waals surface area (Å²) < 4.78 is 5.52. The van der Waals surface area contributed by atoms with Crippen molar-refractivity contribution < 1.29 is 4.74 Å². The average Bonchev–Trinajstić information content (AvgIpc) is 3.19. The van der Waals surface area contributed by atoms with Gasteiger partial charge in [-0.15, -0.1) is 0 Å². The first-order chi connectivity index (χ1) is 8.81. The standard InChI is InChI=1S/C13H16ClN3O/c14-12-11(8-15)4-6-17-13(12)16-5-1-7-18-9-10-2-3-10/h4,6,10H,1-3,5,7,9H2,(H,16,17). The number of aromatic nitrogens is 1. The zero-order valence-electron chi connectivity index (χ0n) is 10.2. The number of ether oxygens (including phenoxy) is 1. The van der Waals surface area contributed by atoms with E-state index in [1.54, 1.807) is 12.3 Å². The first kappa shape index (κ1) is 13.1. The monoisotopic (exact) mass is 265 g/mol. The molecule has 1 aliphatic carbocycles. The van der Waals surface area contributed by atoms with E-state index in [0.717, 1.165) is 32.1 Å². The highest BCUT2D eigenvalue weighted by atomic mass is 35.5. The first-order valence-electron chi connectivity index (χ1n) is 6.17. The lowest BCUT2D eigenvalue weighted by Gasteiger charge is -2.08. The SMILES string of the molecule is N#Cc1ccnc(NCCCOCC2CC2)c1Cl. The van der Waals surface area contributed by atoms with Gasteiger partial charge in [0, 0.05) is 26.0 Å². The van der Waals surface area contributed by atoms with Crippen molar-refractivity contribution in [2.24, 2.45) is 5.92 Å². The molecule has 1 aromatic heterocycles. The molecule has 5 heteroatoms. The van der Waals surface area contributed by atoms with Gasteiger partial charge in [-0.2, -0.15) is 5.26 Å². The topological polar surface area (TPSA) is 57.9 Å². The fourth-order valence-electron chi connectivity index (χ4n) is 1.57. The molecule has 96 valence electrons. The molecular weight excluding hydrogens is 250 g/mol. The maximum atomic E-state index is 8.83. The number of hydrogen-bond donors (Lipinski definition) is 1. The zero-order chi connectivity index (χ0) is 12.8. The van der Waals surface area contributed by atoms with Gasteiger partial charge in [-0.1, -0.05) is 11.6 Å². The molecule has 18 heavy (non-hydrogen) atoms. The molecule has 1 fully saturated rings.